The van der Waals surface area contributed by atoms with Crippen molar-refractivity contribution in [2.75, 3.05) is 7.11 Å². The van der Waals surface area contributed by atoms with E-state index in [0.29, 0.717) is 11.2 Å². The van der Waals surface area contributed by atoms with Crippen LogP contribution in [0.15, 0.2) is 51.9 Å². The number of pyridine rings is 1. The van der Waals surface area contributed by atoms with Crippen LogP contribution in [0.4, 0.5) is 8.78 Å². The van der Waals surface area contributed by atoms with Crippen LogP contribution in [0, 0.1) is 0 Å². The molecule has 4 aromatic rings. The van der Waals surface area contributed by atoms with Crippen LogP contribution in [0.2, 0.25) is 0 Å². The molecule has 0 spiro atoms. The van der Waals surface area contributed by atoms with E-state index in [2.05, 4.69) is 20.0 Å². The molecule has 144 valence electrons. The molecule has 0 aliphatic heterocycles. The SMILES string of the molecule is COc1cc(-c2noc(Cn3nc4ccccn4c3=O)n2)ccc1OC(F)F. The molecule has 0 unspecified atom stereocenters. The summed E-state index contributed by atoms with van der Waals surface area (Å²) in [5, 5.41) is 8.04. The number of rotatable bonds is 6. The molecule has 0 bridgehead atoms. The molecule has 0 fully saturated rings. The summed E-state index contributed by atoms with van der Waals surface area (Å²) in [6.45, 7) is -2.99. The van der Waals surface area contributed by atoms with Gasteiger partial charge in [0.1, 0.15) is 6.54 Å². The van der Waals surface area contributed by atoms with E-state index in [-0.39, 0.29) is 35.4 Å². The Balaban J connectivity index is 1.60. The quantitative estimate of drug-likeness (QED) is 0.499. The third-order valence-electron chi connectivity index (χ3n) is 3.88. The fourth-order valence-corrected chi connectivity index (χ4v) is 2.64. The highest BCUT2D eigenvalue weighted by molar-refractivity contribution is 5.60. The van der Waals surface area contributed by atoms with Gasteiger partial charge >= 0.3 is 12.3 Å². The molecular formula is C17H13F2N5O4. The second-order valence-electron chi connectivity index (χ2n) is 5.62. The topological polar surface area (TPSA) is 96.7 Å². The van der Waals surface area contributed by atoms with Crippen molar-refractivity contribution in [3.05, 3.63) is 59.0 Å². The molecule has 11 heteroatoms. The van der Waals surface area contributed by atoms with E-state index in [0.717, 1.165) is 0 Å². The van der Waals surface area contributed by atoms with Crippen LogP contribution in [0.5, 0.6) is 11.5 Å². The molecule has 3 heterocycles. The van der Waals surface area contributed by atoms with Crippen molar-refractivity contribution in [2.24, 2.45) is 0 Å². The summed E-state index contributed by atoms with van der Waals surface area (Å²) < 4.78 is 42.1. The lowest BCUT2D eigenvalue weighted by Gasteiger charge is -2.10. The first-order valence-electron chi connectivity index (χ1n) is 8.05. The number of methoxy groups -OCH3 is 1. The maximum atomic E-state index is 12.4. The second-order valence-corrected chi connectivity index (χ2v) is 5.62. The third-order valence-corrected chi connectivity index (χ3v) is 3.88. The first-order chi connectivity index (χ1) is 13.5. The third kappa shape index (κ3) is 3.29. The zero-order valence-corrected chi connectivity index (χ0v) is 14.5. The number of benzene rings is 1. The summed E-state index contributed by atoms with van der Waals surface area (Å²) in [5.41, 5.74) is 0.618. The summed E-state index contributed by atoms with van der Waals surface area (Å²) in [6.07, 6.45) is 1.61. The van der Waals surface area contributed by atoms with Crippen molar-refractivity contribution in [3.63, 3.8) is 0 Å². The van der Waals surface area contributed by atoms with Gasteiger partial charge in [0, 0.05) is 11.8 Å². The predicted molar refractivity (Wildman–Crippen MR) is 91.5 cm³/mol. The van der Waals surface area contributed by atoms with Crippen LogP contribution in [0.3, 0.4) is 0 Å². The number of hydrogen-bond acceptors (Lipinski definition) is 7. The van der Waals surface area contributed by atoms with Crippen molar-refractivity contribution < 1.29 is 22.8 Å². The van der Waals surface area contributed by atoms with Crippen molar-refractivity contribution in [2.45, 2.75) is 13.2 Å². The Morgan fingerprint density at radius 2 is 2.07 bits per heavy atom. The normalized spacial score (nSPS) is 11.3. The summed E-state index contributed by atoms with van der Waals surface area (Å²) in [5.74, 6) is 0.350. The van der Waals surface area contributed by atoms with Gasteiger partial charge in [-0.2, -0.15) is 13.8 Å². The Hall–Kier alpha value is -3.76. The Labute approximate surface area is 155 Å². The zero-order chi connectivity index (χ0) is 19.7. The minimum atomic E-state index is -2.97. The predicted octanol–water partition coefficient (Wildman–Crippen LogP) is 2.20. The van der Waals surface area contributed by atoms with E-state index in [1.165, 1.54) is 34.4 Å². The van der Waals surface area contributed by atoms with Crippen molar-refractivity contribution in [1.29, 1.82) is 0 Å². The lowest BCUT2D eigenvalue weighted by Crippen LogP contribution is -2.21. The Morgan fingerprint density at radius 3 is 2.82 bits per heavy atom. The monoisotopic (exact) mass is 389 g/mol. The van der Waals surface area contributed by atoms with Gasteiger partial charge in [0.25, 0.3) is 0 Å². The van der Waals surface area contributed by atoms with Crippen LogP contribution in [0.1, 0.15) is 5.89 Å². The van der Waals surface area contributed by atoms with Gasteiger partial charge in [-0.25, -0.2) is 9.48 Å². The van der Waals surface area contributed by atoms with Gasteiger partial charge in [-0.3, -0.25) is 4.40 Å². The molecule has 9 nitrogen and oxygen atoms in total. The van der Waals surface area contributed by atoms with Gasteiger partial charge < -0.3 is 14.0 Å². The van der Waals surface area contributed by atoms with E-state index in [4.69, 9.17) is 9.26 Å². The first kappa shape index (κ1) is 17.6. The van der Waals surface area contributed by atoms with E-state index in [9.17, 15) is 13.6 Å². The molecule has 0 amide bonds. The first-order valence-corrected chi connectivity index (χ1v) is 8.05. The smallest absolute Gasteiger partial charge is 0.387 e. The molecule has 0 aliphatic rings. The summed E-state index contributed by atoms with van der Waals surface area (Å²) in [7, 11) is 1.33. The van der Waals surface area contributed by atoms with E-state index in [1.807, 2.05) is 0 Å². The van der Waals surface area contributed by atoms with Crippen molar-refractivity contribution in [3.8, 4) is 22.9 Å². The molecule has 1 aromatic carbocycles. The molecule has 0 N–H and O–H groups in total. The maximum absolute atomic E-state index is 12.4. The highest BCUT2D eigenvalue weighted by atomic mass is 19.3. The molecule has 0 aliphatic carbocycles. The molecule has 0 saturated carbocycles. The van der Waals surface area contributed by atoms with Gasteiger partial charge in [-0.05, 0) is 30.3 Å². The van der Waals surface area contributed by atoms with Crippen LogP contribution in [-0.2, 0) is 6.54 Å². The van der Waals surface area contributed by atoms with Gasteiger partial charge in [-0.1, -0.05) is 11.2 Å². The number of hydrogen-bond donors (Lipinski definition) is 0. The van der Waals surface area contributed by atoms with Crippen LogP contribution < -0.4 is 15.2 Å². The van der Waals surface area contributed by atoms with Gasteiger partial charge in [-0.15, -0.1) is 5.10 Å². The number of halogens is 2. The summed E-state index contributed by atoms with van der Waals surface area (Å²) in [6, 6.07) is 9.45. The minimum Gasteiger partial charge on any atom is -0.493 e. The fraction of sp³-hybridized carbons (Fsp3) is 0.176. The highest BCUT2D eigenvalue weighted by Crippen LogP contribution is 2.32. The van der Waals surface area contributed by atoms with Gasteiger partial charge in [0.15, 0.2) is 17.1 Å². The molecule has 4 rings (SSSR count). The van der Waals surface area contributed by atoms with Crippen LogP contribution in [0.25, 0.3) is 17.0 Å². The average Bonchev–Trinajstić information content (AvgIpc) is 3.27. The number of alkyl halides is 2. The Bertz CT molecular complexity index is 1180. The molecule has 3 aromatic heterocycles. The van der Waals surface area contributed by atoms with E-state index < -0.39 is 6.61 Å². The zero-order valence-electron chi connectivity index (χ0n) is 14.5. The summed E-state index contributed by atoms with van der Waals surface area (Å²) in [4.78, 5) is 16.5. The largest absolute Gasteiger partial charge is 0.493 e. The number of fused-ring (bicyclic) bond motifs is 1. The fourth-order valence-electron chi connectivity index (χ4n) is 2.64. The lowest BCUT2D eigenvalue weighted by atomic mass is 10.2. The second kappa shape index (κ2) is 7.10. The molecule has 0 radical (unpaired) electrons. The molecule has 0 saturated heterocycles. The Morgan fingerprint density at radius 1 is 1.21 bits per heavy atom. The van der Waals surface area contributed by atoms with E-state index in [1.54, 1.807) is 24.4 Å². The van der Waals surface area contributed by atoms with Crippen LogP contribution >= 0.6 is 0 Å². The Kier molecular flexibility index (Phi) is 4.47. The van der Waals surface area contributed by atoms with E-state index >= 15 is 0 Å². The maximum Gasteiger partial charge on any atom is 0.387 e. The lowest BCUT2D eigenvalue weighted by molar-refractivity contribution is -0.0512. The number of ether oxygens (including phenoxy) is 2. The van der Waals surface area contributed by atoms with Crippen molar-refractivity contribution >= 4 is 5.65 Å². The number of aromatic nitrogens is 5. The summed E-state index contributed by atoms with van der Waals surface area (Å²) >= 11 is 0. The van der Waals surface area contributed by atoms with Gasteiger partial charge in [0.05, 0.1) is 7.11 Å². The minimum absolute atomic E-state index is 0.0166. The van der Waals surface area contributed by atoms with Gasteiger partial charge in [0.2, 0.25) is 11.7 Å². The molecular weight excluding hydrogens is 376 g/mol. The molecule has 0 atom stereocenters. The standard InChI is InChI=1S/C17H13F2N5O4/c1-26-12-8-10(5-6-11(12)27-16(18)19)15-20-14(28-22-15)9-24-17(25)23-7-3-2-4-13(23)21-24/h2-8,16H,9H2,1H3. The molecule has 28 heavy (non-hydrogen) atoms. The van der Waals surface area contributed by atoms with Crippen molar-refractivity contribution in [1.82, 2.24) is 24.3 Å². The average molecular weight is 389 g/mol. The van der Waals surface area contributed by atoms with Crippen LogP contribution in [-0.4, -0.2) is 38.0 Å². The number of nitrogens with zero attached hydrogens (tertiary/aromatic N) is 5. The highest BCUT2D eigenvalue weighted by Gasteiger charge is 2.16.